The number of fused-ring (bicyclic) bond motifs is 9. The molecule has 0 unspecified atom stereocenters. The number of para-hydroxylation sites is 3. The van der Waals surface area contributed by atoms with Crippen molar-refractivity contribution in [2.75, 3.05) is 0 Å². The Kier molecular flexibility index (Phi) is 6.16. The quantitative estimate of drug-likeness (QED) is 0.177. The molecular formula is C48H30N2S. The van der Waals surface area contributed by atoms with E-state index in [4.69, 9.17) is 0 Å². The molecule has 0 N–H and O–H groups in total. The summed E-state index contributed by atoms with van der Waals surface area (Å²) in [6.45, 7) is 0. The average Bonchev–Trinajstić information content (AvgIpc) is 3.85. The zero-order valence-corrected chi connectivity index (χ0v) is 28.4. The van der Waals surface area contributed by atoms with E-state index in [1.807, 2.05) is 11.3 Å². The highest BCUT2D eigenvalue weighted by Crippen LogP contribution is 2.43. The van der Waals surface area contributed by atoms with Crippen molar-refractivity contribution < 1.29 is 0 Å². The van der Waals surface area contributed by atoms with Crippen molar-refractivity contribution in [2.45, 2.75) is 0 Å². The minimum atomic E-state index is 1.16. The summed E-state index contributed by atoms with van der Waals surface area (Å²) in [5.41, 5.74) is 12.2. The maximum Gasteiger partial charge on any atom is 0.0562 e. The highest BCUT2D eigenvalue weighted by atomic mass is 32.1. The van der Waals surface area contributed by atoms with Gasteiger partial charge in [-0.1, -0.05) is 127 Å². The maximum absolute atomic E-state index is 2.44. The van der Waals surface area contributed by atoms with Gasteiger partial charge in [0.2, 0.25) is 0 Å². The van der Waals surface area contributed by atoms with Gasteiger partial charge < -0.3 is 9.13 Å². The van der Waals surface area contributed by atoms with E-state index >= 15 is 0 Å². The molecule has 0 spiro atoms. The second-order valence-corrected chi connectivity index (χ2v) is 14.4. The van der Waals surface area contributed by atoms with Crippen LogP contribution in [0.15, 0.2) is 182 Å². The van der Waals surface area contributed by atoms with Crippen LogP contribution in [0.3, 0.4) is 0 Å². The molecule has 3 aromatic heterocycles. The number of thiophene rings is 1. The predicted octanol–water partition coefficient (Wildman–Crippen LogP) is 13.6. The van der Waals surface area contributed by atoms with E-state index in [2.05, 4.69) is 191 Å². The van der Waals surface area contributed by atoms with E-state index in [0.29, 0.717) is 0 Å². The van der Waals surface area contributed by atoms with Crippen molar-refractivity contribution in [1.82, 2.24) is 9.13 Å². The third-order valence-electron chi connectivity index (χ3n) is 10.5. The summed E-state index contributed by atoms with van der Waals surface area (Å²) in [5, 5.41) is 7.70. The fraction of sp³-hybridized carbons (Fsp3) is 0. The first-order chi connectivity index (χ1) is 25.3. The molecule has 238 valence electrons. The van der Waals surface area contributed by atoms with Gasteiger partial charge in [-0.25, -0.2) is 0 Å². The second-order valence-electron chi connectivity index (χ2n) is 13.3. The van der Waals surface area contributed by atoms with Crippen LogP contribution < -0.4 is 0 Å². The van der Waals surface area contributed by atoms with Crippen LogP contribution in [0.25, 0.3) is 97.4 Å². The van der Waals surface area contributed by atoms with Crippen molar-refractivity contribution >= 4 is 75.1 Å². The standard InChI is InChI=1S/C48H30N2S/c1-3-12-31(13-4-1)33-24-27-39-40-19-11-18-36(48(40)51-47(39)28-33)32-22-25-35(26-23-32)50-44-21-10-8-17-38(44)42-29-41-37-16-7-9-20-43(37)49(45(41)30-46(42)50)34-14-5-2-6-15-34/h1-30H. The first-order valence-corrected chi connectivity index (χ1v) is 18.3. The van der Waals surface area contributed by atoms with E-state index < -0.39 is 0 Å². The molecule has 0 atom stereocenters. The van der Waals surface area contributed by atoms with Crippen LogP contribution in [-0.4, -0.2) is 9.13 Å². The number of rotatable bonds is 4. The number of benzene rings is 8. The van der Waals surface area contributed by atoms with Gasteiger partial charge in [-0.05, 0) is 76.9 Å². The maximum atomic E-state index is 2.44. The van der Waals surface area contributed by atoms with Gasteiger partial charge >= 0.3 is 0 Å². The summed E-state index contributed by atoms with van der Waals surface area (Å²) in [6.07, 6.45) is 0. The molecule has 0 fully saturated rings. The number of hydrogen-bond donors (Lipinski definition) is 0. The van der Waals surface area contributed by atoms with E-state index in [1.165, 1.54) is 91.7 Å². The van der Waals surface area contributed by atoms with Crippen LogP contribution in [0.5, 0.6) is 0 Å². The summed E-state index contributed by atoms with van der Waals surface area (Å²) < 4.78 is 7.49. The zero-order chi connectivity index (χ0) is 33.5. The Balaban J connectivity index is 1.09. The number of hydrogen-bond acceptors (Lipinski definition) is 1. The monoisotopic (exact) mass is 666 g/mol. The Morgan fingerprint density at radius 2 is 0.882 bits per heavy atom. The van der Waals surface area contributed by atoms with E-state index in [-0.39, 0.29) is 0 Å². The SMILES string of the molecule is c1ccc(-c2ccc3c(c2)sc2c(-c4ccc(-n5c6ccccc6c6cc7c8ccccc8n(-c8ccccc8)c7cc65)cc4)cccc23)cc1. The molecular weight excluding hydrogens is 637 g/mol. The summed E-state index contributed by atoms with van der Waals surface area (Å²) >= 11 is 1.89. The Morgan fingerprint density at radius 3 is 1.57 bits per heavy atom. The lowest BCUT2D eigenvalue weighted by molar-refractivity contribution is 1.16. The van der Waals surface area contributed by atoms with Crippen LogP contribution in [0, 0.1) is 0 Å². The van der Waals surface area contributed by atoms with Crippen LogP contribution in [0.2, 0.25) is 0 Å². The lowest BCUT2D eigenvalue weighted by Crippen LogP contribution is -1.95. The van der Waals surface area contributed by atoms with Gasteiger partial charge in [-0.2, -0.15) is 0 Å². The van der Waals surface area contributed by atoms with Crippen molar-refractivity contribution in [3.63, 3.8) is 0 Å². The second kappa shape index (κ2) is 11.0. The minimum absolute atomic E-state index is 1.16. The number of aromatic nitrogens is 2. The van der Waals surface area contributed by atoms with E-state index in [1.54, 1.807) is 0 Å². The number of nitrogens with zero attached hydrogens (tertiary/aromatic N) is 2. The molecule has 8 aromatic carbocycles. The largest absolute Gasteiger partial charge is 0.309 e. The van der Waals surface area contributed by atoms with Gasteiger partial charge in [0.15, 0.2) is 0 Å². The predicted molar refractivity (Wildman–Crippen MR) is 219 cm³/mol. The molecule has 11 rings (SSSR count). The van der Waals surface area contributed by atoms with Gasteiger partial charge in [0.1, 0.15) is 0 Å². The molecule has 3 heterocycles. The third kappa shape index (κ3) is 4.29. The first kappa shape index (κ1) is 28.4. The Morgan fingerprint density at radius 1 is 0.314 bits per heavy atom. The van der Waals surface area contributed by atoms with Gasteiger partial charge in [0.25, 0.3) is 0 Å². The molecule has 0 aliphatic rings. The van der Waals surface area contributed by atoms with E-state index in [9.17, 15) is 0 Å². The first-order valence-electron chi connectivity index (χ1n) is 17.4. The van der Waals surface area contributed by atoms with Crippen LogP contribution in [0.1, 0.15) is 0 Å². The fourth-order valence-electron chi connectivity index (χ4n) is 8.19. The smallest absolute Gasteiger partial charge is 0.0562 e. The molecule has 51 heavy (non-hydrogen) atoms. The molecule has 2 nitrogen and oxygen atoms in total. The minimum Gasteiger partial charge on any atom is -0.309 e. The fourth-order valence-corrected chi connectivity index (χ4v) is 9.47. The summed E-state index contributed by atoms with van der Waals surface area (Å²) in [4.78, 5) is 0. The van der Waals surface area contributed by atoms with Crippen molar-refractivity contribution in [2.24, 2.45) is 0 Å². The molecule has 0 aliphatic heterocycles. The Bertz CT molecular complexity index is 3110. The van der Waals surface area contributed by atoms with Crippen molar-refractivity contribution in [1.29, 1.82) is 0 Å². The van der Waals surface area contributed by atoms with Crippen LogP contribution in [0.4, 0.5) is 0 Å². The third-order valence-corrected chi connectivity index (χ3v) is 11.7. The van der Waals surface area contributed by atoms with Crippen molar-refractivity contribution in [3.05, 3.63) is 182 Å². The normalized spacial score (nSPS) is 11.9. The molecule has 0 bridgehead atoms. The average molecular weight is 667 g/mol. The topological polar surface area (TPSA) is 9.86 Å². The Labute approximate surface area is 298 Å². The van der Waals surface area contributed by atoms with E-state index in [0.717, 1.165) is 5.69 Å². The Hall–Kier alpha value is -6.42. The molecule has 0 aliphatic carbocycles. The molecule has 0 saturated heterocycles. The zero-order valence-electron chi connectivity index (χ0n) is 27.6. The van der Waals surface area contributed by atoms with Gasteiger partial charge in [-0.15, -0.1) is 11.3 Å². The summed E-state index contributed by atoms with van der Waals surface area (Å²) in [7, 11) is 0. The molecule has 0 amide bonds. The highest BCUT2D eigenvalue weighted by Gasteiger charge is 2.19. The lowest BCUT2D eigenvalue weighted by atomic mass is 10.0. The summed E-state index contributed by atoms with van der Waals surface area (Å²) in [5.74, 6) is 0. The van der Waals surface area contributed by atoms with Gasteiger partial charge in [0.05, 0.1) is 22.1 Å². The molecule has 11 aromatic rings. The van der Waals surface area contributed by atoms with Gasteiger partial charge in [0, 0.05) is 53.1 Å². The van der Waals surface area contributed by atoms with Gasteiger partial charge in [-0.3, -0.25) is 0 Å². The van der Waals surface area contributed by atoms with Crippen LogP contribution in [-0.2, 0) is 0 Å². The molecule has 0 radical (unpaired) electrons. The molecule has 3 heteroatoms. The lowest BCUT2D eigenvalue weighted by Gasteiger charge is -2.11. The molecule has 0 saturated carbocycles. The van der Waals surface area contributed by atoms with Crippen molar-refractivity contribution in [3.8, 4) is 33.6 Å². The van der Waals surface area contributed by atoms with Crippen LogP contribution >= 0.6 is 11.3 Å². The summed E-state index contributed by atoms with van der Waals surface area (Å²) in [6, 6.07) is 66.6. The highest BCUT2D eigenvalue weighted by molar-refractivity contribution is 7.26.